The van der Waals surface area contributed by atoms with Gasteiger partial charge in [0, 0.05) is 17.4 Å². The SMILES string of the molecule is C=CC[Si](C)(C)Oc1cc(CCCCC)cc2c1[C@@H]1CC(C)=CC[C@H]1C(C)(C)O2. The maximum absolute atomic E-state index is 6.81. The van der Waals surface area contributed by atoms with Crippen molar-refractivity contribution in [3.8, 4) is 11.5 Å². The van der Waals surface area contributed by atoms with Crippen molar-refractivity contribution in [2.45, 2.75) is 96.9 Å². The molecule has 2 atom stereocenters. The normalized spacial score (nSPS) is 22.8. The third-order valence-electron chi connectivity index (χ3n) is 6.64. The zero-order chi connectivity index (χ0) is 21.2. The number of hydrogen-bond donors (Lipinski definition) is 0. The lowest BCUT2D eigenvalue weighted by atomic mass is 9.67. The molecule has 1 aromatic carbocycles. The molecule has 1 aliphatic heterocycles. The highest BCUT2D eigenvalue weighted by atomic mass is 28.4. The number of fused-ring (bicyclic) bond motifs is 3. The van der Waals surface area contributed by atoms with E-state index in [9.17, 15) is 0 Å². The smallest absolute Gasteiger partial charge is 0.248 e. The van der Waals surface area contributed by atoms with E-state index in [1.54, 1.807) is 0 Å². The molecule has 0 saturated heterocycles. The molecule has 0 fully saturated rings. The summed E-state index contributed by atoms with van der Waals surface area (Å²) in [5, 5.41) is 0. The first kappa shape index (κ1) is 22.2. The van der Waals surface area contributed by atoms with Crippen LogP contribution >= 0.6 is 0 Å². The third-order valence-corrected chi connectivity index (χ3v) is 8.68. The van der Waals surface area contributed by atoms with Crippen LogP contribution in [-0.4, -0.2) is 13.9 Å². The Balaban J connectivity index is 2.07. The van der Waals surface area contributed by atoms with Crippen molar-refractivity contribution in [1.82, 2.24) is 0 Å². The Bertz CT molecular complexity index is 775. The fraction of sp³-hybridized carbons (Fsp3) is 0.615. The standard InChI is InChI=1S/C26H40O2Si/c1-8-10-11-12-20-17-23-25(24(18-20)28-29(6,7)15-9-2)21-16-19(3)13-14-22(21)26(4,5)27-23/h9,13,17-18,21-22H,2,8,10-12,14-16H2,1,3-7H3/t21-,22-/m1/s1. The average molecular weight is 413 g/mol. The van der Waals surface area contributed by atoms with Gasteiger partial charge in [0.2, 0.25) is 8.32 Å². The molecule has 0 radical (unpaired) electrons. The van der Waals surface area contributed by atoms with Crippen molar-refractivity contribution >= 4 is 8.32 Å². The van der Waals surface area contributed by atoms with Crippen LogP contribution in [-0.2, 0) is 6.42 Å². The van der Waals surface area contributed by atoms with Crippen molar-refractivity contribution in [2.75, 3.05) is 0 Å². The summed E-state index contributed by atoms with van der Waals surface area (Å²) in [6.07, 6.45) is 11.5. The highest BCUT2D eigenvalue weighted by Crippen LogP contribution is 2.54. The van der Waals surface area contributed by atoms with Crippen molar-refractivity contribution in [1.29, 1.82) is 0 Å². The molecule has 0 saturated carbocycles. The minimum atomic E-state index is -1.86. The number of allylic oxidation sites excluding steroid dienone is 3. The highest BCUT2D eigenvalue weighted by Gasteiger charge is 2.46. The predicted molar refractivity (Wildman–Crippen MR) is 127 cm³/mol. The quantitative estimate of drug-likeness (QED) is 0.246. The Morgan fingerprint density at radius 2 is 2.03 bits per heavy atom. The second kappa shape index (κ2) is 8.71. The van der Waals surface area contributed by atoms with Crippen LogP contribution < -0.4 is 9.16 Å². The van der Waals surface area contributed by atoms with Gasteiger partial charge in [0.1, 0.15) is 17.1 Å². The molecule has 3 heteroatoms. The summed E-state index contributed by atoms with van der Waals surface area (Å²) in [6, 6.07) is 5.60. The molecular weight excluding hydrogens is 372 g/mol. The van der Waals surface area contributed by atoms with E-state index in [4.69, 9.17) is 9.16 Å². The van der Waals surface area contributed by atoms with E-state index < -0.39 is 8.32 Å². The molecule has 160 valence electrons. The fourth-order valence-corrected chi connectivity index (χ4v) is 6.64. The Morgan fingerprint density at radius 1 is 1.28 bits per heavy atom. The lowest BCUT2D eigenvalue weighted by Crippen LogP contribution is -2.46. The summed E-state index contributed by atoms with van der Waals surface area (Å²) in [6.45, 7) is 17.6. The summed E-state index contributed by atoms with van der Waals surface area (Å²) in [5.74, 6) is 3.13. The largest absolute Gasteiger partial charge is 0.543 e. The van der Waals surface area contributed by atoms with Crippen molar-refractivity contribution in [2.24, 2.45) is 5.92 Å². The summed E-state index contributed by atoms with van der Waals surface area (Å²) < 4.78 is 13.5. The Morgan fingerprint density at radius 3 is 2.72 bits per heavy atom. The Labute approximate surface area is 179 Å². The summed E-state index contributed by atoms with van der Waals surface area (Å²) in [5.41, 5.74) is 4.02. The molecule has 1 heterocycles. The first-order valence-corrected chi connectivity index (χ1v) is 14.6. The third kappa shape index (κ3) is 4.99. The highest BCUT2D eigenvalue weighted by molar-refractivity contribution is 6.72. The number of rotatable bonds is 8. The minimum absolute atomic E-state index is 0.151. The zero-order valence-electron chi connectivity index (χ0n) is 19.4. The molecule has 3 rings (SSSR count). The molecule has 0 spiro atoms. The van der Waals surface area contributed by atoms with Gasteiger partial charge in [0.25, 0.3) is 0 Å². The first-order chi connectivity index (χ1) is 13.7. The number of aryl methyl sites for hydroxylation is 1. The molecule has 29 heavy (non-hydrogen) atoms. The second-order valence-electron chi connectivity index (χ2n) is 10.2. The van der Waals surface area contributed by atoms with Gasteiger partial charge in [-0.05, 0) is 83.3 Å². The number of hydrogen-bond acceptors (Lipinski definition) is 2. The van der Waals surface area contributed by atoms with Gasteiger partial charge in [-0.25, -0.2) is 0 Å². The topological polar surface area (TPSA) is 18.5 Å². The van der Waals surface area contributed by atoms with E-state index in [0.717, 1.165) is 36.8 Å². The molecule has 0 unspecified atom stereocenters. The molecule has 0 bridgehead atoms. The van der Waals surface area contributed by atoms with E-state index in [2.05, 4.69) is 65.6 Å². The van der Waals surface area contributed by atoms with Crippen molar-refractivity contribution in [3.63, 3.8) is 0 Å². The molecule has 1 aliphatic carbocycles. The van der Waals surface area contributed by atoms with Crippen molar-refractivity contribution in [3.05, 3.63) is 47.6 Å². The number of ether oxygens (including phenoxy) is 1. The van der Waals surface area contributed by atoms with Crippen LogP contribution in [0.5, 0.6) is 11.5 Å². The van der Waals surface area contributed by atoms with E-state index >= 15 is 0 Å². The first-order valence-electron chi connectivity index (χ1n) is 11.5. The van der Waals surface area contributed by atoms with E-state index in [1.165, 1.54) is 36.0 Å². The Hall–Kier alpha value is -1.48. The van der Waals surface area contributed by atoms with Crippen molar-refractivity contribution < 1.29 is 9.16 Å². The van der Waals surface area contributed by atoms with Gasteiger partial charge in [0.15, 0.2) is 0 Å². The van der Waals surface area contributed by atoms with E-state index in [-0.39, 0.29) is 5.60 Å². The van der Waals surface area contributed by atoms with Crippen LogP contribution in [0.2, 0.25) is 19.1 Å². The van der Waals surface area contributed by atoms with E-state index in [1.807, 2.05) is 6.08 Å². The molecule has 1 aromatic rings. The summed E-state index contributed by atoms with van der Waals surface area (Å²) in [7, 11) is -1.86. The fourth-order valence-electron chi connectivity index (χ4n) is 5.10. The van der Waals surface area contributed by atoms with Gasteiger partial charge in [-0.15, -0.1) is 6.58 Å². The minimum Gasteiger partial charge on any atom is -0.543 e. The summed E-state index contributed by atoms with van der Waals surface area (Å²) >= 11 is 0. The van der Waals surface area contributed by atoms with Gasteiger partial charge in [-0.1, -0.05) is 37.5 Å². The lowest BCUT2D eigenvalue weighted by molar-refractivity contribution is 0.00782. The molecule has 0 aromatic heterocycles. The molecule has 2 aliphatic rings. The van der Waals surface area contributed by atoms with Crippen LogP contribution in [0, 0.1) is 5.92 Å². The van der Waals surface area contributed by atoms with Crippen LogP contribution in [0.25, 0.3) is 0 Å². The number of unbranched alkanes of at least 4 members (excludes halogenated alkanes) is 2. The van der Waals surface area contributed by atoms with Gasteiger partial charge >= 0.3 is 0 Å². The maximum Gasteiger partial charge on any atom is 0.248 e. The Kier molecular flexibility index (Phi) is 6.67. The predicted octanol–water partition coefficient (Wildman–Crippen LogP) is 7.80. The van der Waals surface area contributed by atoms with Crippen LogP contribution in [0.15, 0.2) is 36.4 Å². The molecular formula is C26H40O2Si. The summed E-state index contributed by atoms with van der Waals surface area (Å²) in [4.78, 5) is 0. The molecule has 0 N–H and O–H groups in total. The van der Waals surface area contributed by atoms with Gasteiger partial charge in [-0.3, -0.25) is 0 Å². The number of benzene rings is 1. The van der Waals surface area contributed by atoms with Crippen LogP contribution in [0.4, 0.5) is 0 Å². The van der Waals surface area contributed by atoms with Gasteiger partial charge in [0.05, 0.1) is 0 Å². The molecule has 2 nitrogen and oxygen atoms in total. The average Bonchev–Trinajstić information content (AvgIpc) is 2.60. The van der Waals surface area contributed by atoms with Gasteiger partial charge < -0.3 is 9.16 Å². The van der Waals surface area contributed by atoms with Crippen LogP contribution in [0.3, 0.4) is 0 Å². The molecule has 0 amide bonds. The lowest BCUT2D eigenvalue weighted by Gasteiger charge is -2.47. The van der Waals surface area contributed by atoms with Crippen LogP contribution in [0.1, 0.15) is 76.8 Å². The zero-order valence-corrected chi connectivity index (χ0v) is 20.4. The van der Waals surface area contributed by atoms with Gasteiger partial charge in [-0.2, -0.15) is 0 Å². The second-order valence-corrected chi connectivity index (χ2v) is 14.4. The monoisotopic (exact) mass is 412 g/mol. The van der Waals surface area contributed by atoms with E-state index in [0.29, 0.717) is 11.8 Å². The maximum atomic E-state index is 6.81.